The third kappa shape index (κ3) is 1.17. The fourth-order valence-corrected chi connectivity index (χ4v) is 0.538. The molecule has 9 heavy (non-hydrogen) atoms. The number of carbonyl (C=O) groups excluding carboxylic acids is 1. The Kier molecular flexibility index (Phi) is 1.65. The van der Waals surface area contributed by atoms with Gasteiger partial charge in [-0.3, -0.25) is 4.79 Å². The van der Waals surface area contributed by atoms with Crippen LogP contribution in [0.1, 0.15) is 10.6 Å². The summed E-state index contributed by atoms with van der Waals surface area (Å²) in [5, 5.41) is 0. The van der Waals surface area contributed by atoms with E-state index in [2.05, 4.69) is 0 Å². The van der Waals surface area contributed by atoms with Crippen LogP contribution in [0.25, 0.3) is 0 Å². The van der Waals surface area contributed by atoms with E-state index in [0.29, 0.717) is 5.76 Å². The molecule has 0 saturated carbocycles. The van der Waals surface area contributed by atoms with Crippen molar-refractivity contribution < 1.29 is 9.21 Å². The van der Waals surface area contributed by atoms with Crippen molar-refractivity contribution in [2.24, 2.45) is 5.73 Å². The highest BCUT2D eigenvalue weighted by molar-refractivity contribution is 5.94. The molecule has 0 atom stereocenters. The number of furan rings is 1. The van der Waals surface area contributed by atoms with Crippen LogP contribution < -0.4 is 5.73 Å². The number of hydrogen-bond acceptors (Lipinski definition) is 3. The molecule has 0 unspecified atom stereocenters. The Hall–Kier alpha value is -1.09. The molecule has 2 N–H and O–H groups in total. The second kappa shape index (κ2) is 2.46. The van der Waals surface area contributed by atoms with Crippen LogP contribution in [-0.2, 0) is 0 Å². The molecule has 0 aromatic carbocycles. The second-order valence-electron chi connectivity index (χ2n) is 1.60. The Morgan fingerprint density at radius 2 is 2.56 bits per heavy atom. The topological polar surface area (TPSA) is 56.2 Å². The number of rotatable bonds is 2. The van der Waals surface area contributed by atoms with Gasteiger partial charge in [0.15, 0.2) is 5.76 Å². The SMILES string of the molecule is NCC(=O)c1ccco1. The maximum Gasteiger partial charge on any atom is 0.211 e. The van der Waals surface area contributed by atoms with Crippen LogP contribution >= 0.6 is 0 Å². The van der Waals surface area contributed by atoms with E-state index in [4.69, 9.17) is 10.2 Å². The molecular weight excluding hydrogens is 118 g/mol. The van der Waals surface area contributed by atoms with Crippen LogP contribution in [-0.4, -0.2) is 12.3 Å². The monoisotopic (exact) mass is 125 g/mol. The van der Waals surface area contributed by atoms with Gasteiger partial charge in [-0.15, -0.1) is 0 Å². The van der Waals surface area contributed by atoms with Crippen LogP contribution in [0.5, 0.6) is 0 Å². The number of carbonyl (C=O) groups is 1. The summed E-state index contributed by atoms with van der Waals surface area (Å²) < 4.78 is 4.76. The summed E-state index contributed by atoms with van der Waals surface area (Å²) in [5.74, 6) is 0.164. The first kappa shape index (κ1) is 6.04. The highest BCUT2D eigenvalue weighted by Crippen LogP contribution is 1.98. The van der Waals surface area contributed by atoms with E-state index >= 15 is 0 Å². The summed E-state index contributed by atoms with van der Waals surface area (Å²) in [6, 6.07) is 3.25. The molecule has 1 rings (SSSR count). The number of Topliss-reactive ketones (excluding diaryl/α,β-unsaturated/α-hetero) is 1. The van der Waals surface area contributed by atoms with Crippen LogP contribution in [0.3, 0.4) is 0 Å². The summed E-state index contributed by atoms with van der Waals surface area (Å²) in [7, 11) is 0. The van der Waals surface area contributed by atoms with E-state index in [9.17, 15) is 4.79 Å². The lowest BCUT2D eigenvalue weighted by Gasteiger charge is -1.86. The number of nitrogens with two attached hydrogens (primary N) is 1. The minimum Gasteiger partial charge on any atom is -0.461 e. The van der Waals surface area contributed by atoms with Gasteiger partial charge in [0.25, 0.3) is 0 Å². The Bertz CT molecular complexity index is 191. The fraction of sp³-hybridized carbons (Fsp3) is 0.167. The molecule has 1 heterocycles. The minimum atomic E-state index is -0.167. The predicted molar refractivity (Wildman–Crippen MR) is 32.1 cm³/mol. The standard InChI is InChI=1S/C6H7NO2/c7-4-5(8)6-2-1-3-9-6/h1-3H,4,7H2. The molecule has 3 heteroatoms. The van der Waals surface area contributed by atoms with E-state index < -0.39 is 0 Å². The van der Waals surface area contributed by atoms with Crippen molar-refractivity contribution in [2.75, 3.05) is 6.54 Å². The molecule has 48 valence electrons. The summed E-state index contributed by atoms with van der Waals surface area (Å²) in [6.07, 6.45) is 1.45. The van der Waals surface area contributed by atoms with Crippen molar-refractivity contribution in [2.45, 2.75) is 0 Å². The van der Waals surface area contributed by atoms with Gasteiger partial charge in [-0.25, -0.2) is 0 Å². The van der Waals surface area contributed by atoms with Gasteiger partial charge in [0.1, 0.15) is 0 Å². The average molecular weight is 125 g/mol. The Morgan fingerprint density at radius 1 is 1.78 bits per heavy atom. The zero-order valence-corrected chi connectivity index (χ0v) is 4.83. The molecule has 1 aromatic heterocycles. The van der Waals surface area contributed by atoms with E-state index in [1.807, 2.05) is 0 Å². The quantitative estimate of drug-likeness (QED) is 0.583. The Balaban J connectivity index is 2.77. The Labute approximate surface area is 52.5 Å². The Morgan fingerprint density at radius 3 is 3.00 bits per heavy atom. The summed E-state index contributed by atoms with van der Waals surface area (Å²) in [6.45, 7) is 0.00745. The van der Waals surface area contributed by atoms with Crippen molar-refractivity contribution >= 4 is 5.78 Å². The van der Waals surface area contributed by atoms with E-state index in [1.54, 1.807) is 12.1 Å². The lowest BCUT2D eigenvalue weighted by Crippen LogP contribution is -2.12. The molecule has 0 fully saturated rings. The molecule has 0 bridgehead atoms. The largest absolute Gasteiger partial charge is 0.461 e. The lowest BCUT2D eigenvalue weighted by atomic mass is 10.3. The maximum absolute atomic E-state index is 10.7. The molecule has 0 spiro atoms. The van der Waals surface area contributed by atoms with Crippen molar-refractivity contribution in [3.05, 3.63) is 24.2 Å². The molecule has 0 aliphatic heterocycles. The predicted octanol–water partition coefficient (Wildman–Crippen LogP) is 0.421. The van der Waals surface area contributed by atoms with Crippen LogP contribution in [0, 0.1) is 0 Å². The zero-order chi connectivity index (χ0) is 6.69. The molecule has 1 aromatic rings. The first-order chi connectivity index (χ1) is 4.34. The second-order valence-corrected chi connectivity index (χ2v) is 1.60. The number of ketones is 1. The zero-order valence-electron chi connectivity index (χ0n) is 4.83. The average Bonchev–Trinajstić information content (AvgIpc) is 2.37. The normalized spacial score (nSPS) is 9.44. The van der Waals surface area contributed by atoms with Crippen molar-refractivity contribution in [1.82, 2.24) is 0 Å². The van der Waals surface area contributed by atoms with Gasteiger partial charge in [-0.05, 0) is 12.1 Å². The van der Waals surface area contributed by atoms with E-state index in [-0.39, 0.29) is 12.3 Å². The summed E-state index contributed by atoms with van der Waals surface area (Å²) >= 11 is 0. The van der Waals surface area contributed by atoms with Gasteiger partial charge < -0.3 is 10.2 Å². The number of hydrogen-bond donors (Lipinski definition) is 1. The van der Waals surface area contributed by atoms with E-state index in [1.165, 1.54) is 6.26 Å². The minimum absolute atomic E-state index is 0.00745. The van der Waals surface area contributed by atoms with Gasteiger partial charge in [0.05, 0.1) is 12.8 Å². The molecule has 3 nitrogen and oxygen atoms in total. The van der Waals surface area contributed by atoms with Gasteiger partial charge >= 0.3 is 0 Å². The van der Waals surface area contributed by atoms with Crippen LogP contribution in [0.15, 0.2) is 22.8 Å². The van der Waals surface area contributed by atoms with Gasteiger partial charge in [-0.2, -0.15) is 0 Å². The van der Waals surface area contributed by atoms with Gasteiger partial charge in [0, 0.05) is 0 Å². The summed E-state index contributed by atoms with van der Waals surface area (Å²) in [4.78, 5) is 10.7. The third-order valence-corrected chi connectivity index (χ3v) is 0.981. The molecular formula is C6H7NO2. The third-order valence-electron chi connectivity index (χ3n) is 0.981. The molecule has 0 aliphatic rings. The lowest BCUT2D eigenvalue weighted by molar-refractivity contribution is 0.0975. The highest BCUT2D eigenvalue weighted by Gasteiger charge is 2.03. The van der Waals surface area contributed by atoms with Crippen molar-refractivity contribution in [3.8, 4) is 0 Å². The van der Waals surface area contributed by atoms with Gasteiger partial charge in [-0.1, -0.05) is 0 Å². The van der Waals surface area contributed by atoms with Crippen LogP contribution in [0.4, 0.5) is 0 Å². The molecule has 0 saturated heterocycles. The smallest absolute Gasteiger partial charge is 0.211 e. The van der Waals surface area contributed by atoms with Crippen molar-refractivity contribution in [3.63, 3.8) is 0 Å². The molecule has 0 radical (unpaired) electrons. The van der Waals surface area contributed by atoms with Crippen molar-refractivity contribution in [1.29, 1.82) is 0 Å². The highest BCUT2D eigenvalue weighted by atomic mass is 16.3. The first-order valence-corrected chi connectivity index (χ1v) is 2.61. The first-order valence-electron chi connectivity index (χ1n) is 2.61. The van der Waals surface area contributed by atoms with Gasteiger partial charge in [0.2, 0.25) is 5.78 Å². The molecule has 0 aliphatic carbocycles. The van der Waals surface area contributed by atoms with Crippen LogP contribution in [0.2, 0.25) is 0 Å². The maximum atomic E-state index is 10.7. The van der Waals surface area contributed by atoms with E-state index in [0.717, 1.165) is 0 Å². The fourth-order valence-electron chi connectivity index (χ4n) is 0.538. The molecule has 0 amide bonds. The summed E-state index contributed by atoms with van der Waals surface area (Å²) in [5.41, 5.74) is 5.05.